The molecular weight excluding hydrogens is 240 g/mol. The highest BCUT2D eigenvalue weighted by atomic mass is 16.3. The predicted molar refractivity (Wildman–Crippen MR) is 75.7 cm³/mol. The molecule has 2 aliphatic rings. The van der Waals surface area contributed by atoms with Crippen molar-refractivity contribution < 1.29 is 9.90 Å². The number of rotatable bonds is 4. The number of piperidine rings is 1. The molecule has 110 valence electrons. The van der Waals surface area contributed by atoms with Crippen molar-refractivity contribution in [2.24, 2.45) is 17.3 Å². The van der Waals surface area contributed by atoms with Crippen LogP contribution < -0.4 is 10.6 Å². The molecule has 2 rings (SSSR count). The maximum absolute atomic E-state index is 12.4. The van der Waals surface area contributed by atoms with Crippen LogP contribution in [0.3, 0.4) is 0 Å². The van der Waals surface area contributed by atoms with E-state index in [1.807, 2.05) is 13.8 Å². The van der Waals surface area contributed by atoms with E-state index in [0.717, 1.165) is 45.2 Å². The van der Waals surface area contributed by atoms with E-state index in [0.29, 0.717) is 12.5 Å². The highest BCUT2D eigenvalue weighted by molar-refractivity contribution is 5.82. The summed E-state index contributed by atoms with van der Waals surface area (Å²) >= 11 is 0. The van der Waals surface area contributed by atoms with Crippen molar-refractivity contribution in [3.63, 3.8) is 0 Å². The van der Waals surface area contributed by atoms with E-state index in [4.69, 9.17) is 0 Å². The fourth-order valence-electron chi connectivity index (χ4n) is 3.36. The molecule has 1 heterocycles. The molecule has 2 fully saturated rings. The van der Waals surface area contributed by atoms with Gasteiger partial charge < -0.3 is 15.7 Å². The van der Waals surface area contributed by atoms with Crippen LogP contribution in [0.4, 0.5) is 0 Å². The van der Waals surface area contributed by atoms with Gasteiger partial charge in [0.15, 0.2) is 0 Å². The fourth-order valence-corrected chi connectivity index (χ4v) is 3.36. The van der Waals surface area contributed by atoms with E-state index in [2.05, 4.69) is 10.6 Å². The summed E-state index contributed by atoms with van der Waals surface area (Å²) in [4.78, 5) is 12.4. The Labute approximate surface area is 116 Å². The zero-order chi connectivity index (χ0) is 13.9. The minimum Gasteiger partial charge on any atom is -0.393 e. The summed E-state index contributed by atoms with van der Waals surface area (Å²) in [5.74, 6) is 0.805. The van der Waals surface area contributed by atoms with Crippen LogP contribution in [0.1, 0.15) is 46.0 Å². The molecule has 3 atom stereocenters. The summed E-state index contributed by atoms with van der Waals surface area (Å²) in [7, 11) is 0. The van der Waals surface area contributed by atoms with Crippen LogP contribution >= 0.6 is 0 Å². The van der Waals surface area contributed by atoms with Crippen molar-refractivity contribution in [1.29, 1.82) is 0 Å². The van der Waals surface area contributed by atoms with Gasteiger partial charge in [0, 0.05) is 17.9 Å². The van der Waals surface area contributed by atoms with E-state index in [9.17, 15) is 9.90 Å². The Morgan fingerprint density at radius 3 is 2.68 bits per heavy atom. The van der Waals surface area contributed by atoms with E-state index in [-0.39, 0.29) is 23.3 Å². The molecule has 0 aromatic heterocycles. The molecule has 0 aromatic carbocycles. The molecular formula is C15H28N2O2. The largest absolute Gasteiger partial charge is 0.393 e. The molecule has 0 radical (unpaired) electrons. The lowest BCUT2D eigenvalue weighted by Crippen LogP contribution is -2.48. The van der Waals surface area contributed by atoms with Crippen LogP contribution in [0.15, 0.2) is 0 Å². The second-order valence-electron chi connectivity index (χ2n) is 6.73. The Balaban J connectivity index is 1.83. The smallest absolute Gasteiger partial charge is 0.225 e. The molecule has 1 aliphatic heterocycles. The monoisotopic (exact) mass is 268 g/mol. The quantitative estimate of drug-likeness (QED) is 0.720. The van der Waals surface area contributed by atoms with Gasteiger partial charge in [0.25, 0.3) is 0 Å². The Hall–Kier alpha value is -0.610. The zero-order valence-corrected chi connectivity index (χ0v) is 12.2. The summed E-state index contributed by atoms with van der Waals surface area (Å²) in [5, 5.41) is 16.2. The normalized spacial score (nSPS) is 32.3. The van der Waals surface area contributed by atoms with Crippen LogP contribution in [0, 0.1) is 17.3 Å². The Bertz CT molecular complexity index is 311. The van der Waals surface area contributed by atoms with E-state index in [1.165, 1.54) is 0 Å². The molecule has 19 heavy (non-hydrogen) atoms. The summed E-state index contributed by atoms with van der Waals surface area (Å²) in [6, 6.07) is 0. The topological polar surface area (TPSA) is 61.4 Å². The first-order chi connectivity index (χ1) is 9.01. The second kappa shape index (κ2) is 6.23. The molecule has 1 amide bonds. The van der Waals surface area contributed by atoms with Crippen LogP contribution in [0.2, 0.25) is 0 Å². The number of hydrogen-bond acceptors (Lipinski definition) is 3. The molecule has 4 nitrogen and oxygen atoms in total. The maximum atomic E-state index is 12.4. The average Bonchev–Trinajstić information content (AvgIpc) is 2.82. The standard InChI is InChI=1S/C15H28N2O2/c1-15(2,12-6-4-8-16-10-12)14(19)17-9-11-5-3-7-13(11)18/h11-13,16,18H,3-10H2,1-2H3,(H,17,19). The average molecular weight is 268 g/mol. The molecule has 0 spiro atoms. The van der Waals surface area contributed by atoms with Gasteiger partial charge in [0.2, 0.25) is 5.91 Å². The first kappa shape index (κ1) is 14.8. The number of hydrogen-bond donors (Lipinski definition) is 3. The number of carbonyl (C=O) groups excluding carboxylic acids is 1. The third-order valence-corrected chi connectivity index (χ3v) is 5.05. The molecule has 4 heteroatoms. The lowest BCUT2D eigenvalue weighted by molar-refractivity contribution is -0.132. The van der Waals surface area contributed by atoms with Gasteiger partial charge in [0.05, 0.1) is 6.10 Å². The van der Waals surface area contributed by atoms with Gasteiger partial charge in [-0.1, -0.05) is 20.3 Å². The molecule has 1 saturated carbocycles. The minimum atomic E-state index is -0.322. The van der Waals surface area contributed by atoms with Crippen molar-refractivity contribution in [1.82, 2.24) is 10.6 Å². The first-order valence-electron chi connectivity index (χ1n) is 7.69. The lowest BCUT2D eigenvalue weighted by atomic mass is 9.74. The van der Waals surface area contributed by atoms with Gasteiger partial charge >= 0.3 is 0 Å². The van der Waals surface area contributed by atoms with Gasteiger partial charge in [-0.15, -0.1) is 0 Å². The number of aliphatic hydroxyl groups excluding tert-OH is 1. The highest BCUT2D eigenvalue weighted by Gasteiger charge is 2.37. The van der Waals surface area contributed by atoms with Crippen molar-refractivity contribution in [3.05, 3.63) is 0 Å². The number of amides is 1. The zero-order valence-electron chi connectivity index (χ0n) is 12.2. The van der Waals surface area contributed by atoms with Crippen molar-refractivity contribution in [3.8, 4) is 0 Å². The van der Waals surface area contributed by atoms with Crippen LogP contribution in [-0.2, 0) is 4.79 Å². The molecule has 3 unspecified atom stereocenters. The fraction of sp³-hybridized carbons (Fsp3) is 0.933. The van der Waals surface area contributed by atoms with E-state index >= 15 is 0 Å². The number of nitrogens with one attached hydrogen (secondary N) is 2. The Kier molecular flexibility index (Phi) is 4.85. The SMILES string of the molecule is CC(C)(C(=O)NCC1CCCC1O)C1CCCNC1. The van der Waals surface area contributed by atoms with Crippen LogP contribution in [0.5, 0.6) is 0 Å². The molecule has 0 bridgehead atoms. The summed E-state index contributed by atoms with van der Waals surface area (Å²) in [6.45, 7) is 6.73. The van der Waals surface area contributed by atoms with Crippen molar-refractivity contribution in [2.75, 3.05) is 19.6 Å². The number of aliphatic hydroxyl groups is 1. The minimum absolute atomic E-state index is 0.139. The molecule has 3 N–H and O–H groups in total. The van der Waals surface area contributed by atoms with Gasteiger partial charge in [-0.3, -0.25) is 4.79 Å². The first-order valence-corrected chi connectivity index (χ1v) is 7.69. The van der Waals surface area contributed by atoms with Crippen LogP contribution in [0.25, 0.3) is 0 Å². The molecule has 1 aliphatic carbocycles. The van der Waals surface area contributed by atoms with Crippen LogP contribution in [-0.4, -0.2) is 36.8 Å². The third kappa shape index (κ3) is 3.48. The predicted octanol–water partition coefficient (Wildman–Crippen LogP) is 1.29. The van der Waals surface area contributed by atoms with E-state index in [1.54, 1.807) is 0 Å². The Morgan fingerprint density at radius 1 is 1.32 bits per heavy atom. The Morgan fingerprint density at radius 2 is 2.11 bits per heavy atom. The van der Waals surface area contributed by atoms with Gasteiger partial charge in [0.1, 0.15) is 0 Å². The van der Waals surface area contributed by atoms with Crippen molar-refractivity contribution >= 4 is 5.91 Å². The molecule has 1 saturated heterocycles. The van der Waals surface area contributed by atoms with Gasteiger partial charge in [-0.2, -0.15) is 0 Å². The summed E-state index contributed by atoms with van der Waals surface area (Å²) in [6.07, 6.45) is 5.06. The van der Waals surface area contributed by atoms with Crippen molar-refractivity contribution in [2.45, 2.75) is 52.1 Å². The lowest BCUT2D eigenvalue weighted by Gasteiger charge is -2.36. The summed E-state index contributed by atoms with van der Waals surface area (Å²) in [5.41, 5.74) is -0.322. The third-order valence-electron chi connectivity index (χ3n) is 5.05. The second-order valence-corrected chi connectivity index (χ2v) is 6.73. The number of carbonyl (C=O) groups is 1. The molecule has 0 aromatic rings. The highest BCUT2D eigenvalue weighted by Crippen LogP contribution is 2.32. The van der Waals surface area contributed by atoms with E-state index < -0.39 is 0 Å². The summed E-state index contributed by atoms with van der Waals surface area (Å²) < 4.78 is 0. The maximum Gasteiger partial charge on any atom is 0.225 e. The van der Waals surface area contributed by atoms with Gasteiger partial charge in [-0.25, -0.2) is 0 Å². The van der Waals surface area contributed by atoms with Gasteiger partial charge in [-0.05, 0) is 44.7 Å².